The van der Waals surface area contributed by atoms with Gasteiger partial charge in [-0.05, 0) is 49.9 Å². The normalized spacial score (nSPS) is 19.9. The largest absolute Gasteiger partial charge is 0.338 e. The third kappa shape index (κ3) is 3.01. The SMILES string of the molecule is CC(N)C1CCCN(C(=O)c2ccc(-n3cncn3)cc2)C1. The molecule has 2 aromatic rings. The van der Waals surface area contributed by atoms with Crippen molar-refractivity contribution in [1.29, 1.82) is 0 Å². The summed E-state index contributed by atoms with van der Waals surface area (Å²) in [7, 11) is 0. The van der Waals surface area contributed by atoms with Crippen molar-refractivity contribution in [3.8, 4) is 5.69 Å². The maximum atomic E-state index is 12.6. The number of benzene rings is 1. The van der Waals surface area contributed by atoms with Crippen LogP contribution in [0.3, 0.4) is 0 Å². The maximum absolute atomic E-state index is 12.6. The topological polar surface area (TPSA) is 77.0 Å². The Morgan fingerprint density at radius 1 is 1.36 bits per heavy atom. The maximum Gasteiger partial charge on any atom is 0.253 e. The molecule has 6 nitrogen and oxygen atoms in total. The summed E-state index contributed by atoms with van der Waals surface area (Å²) in [6, 6.07) is 7.58. The molecule has 22 heavy (non-hydrogen) atoms. The average Bonchev–Trinajstić information content (AvgIpc) is 3.09. The fourth-order valence-electron chi connectivity index (χ4n) is 2.90. The average molecular weight is 299 g/mol. The van der Waals surface area contributed by atoms with Gasteiger partial charge >= 0.3 is 0 Å². The van der Waals surface area contributed by atoms with Crippen LogP contribution in [0, 0.1) is 5.92 Å². The zero-order chi connectivity index (χ0) is 15.5. The van der Waals surface area contributed by atoms with Gasteiger partial charge in [0.1, 0.15) is 12.7 Å². The van der Waals surface area contributed by atoms with E-state index >= 15 is 0 Å². The van der Waals surface area contributed by atoms with Crippen LogP contribution in [0.2, 0.25) is 0 Å². The van der Waals surface area contributed by atoms with Gasteiger partial charge in [-0.25, -0.2) is 9.67 Å². The predicted octanol–water partition coefficient (Wildman–Crippen LogP) is 1.47. The summed E-state index contributed by atoms with van der Waals surface area (Å²) in [5.74, 6) is 0.475. The fourth-order valence-corrected chi connectivity index (χ4v) is 2.90. The third-order valence-electron chi connectivity index (χ3n) is 4.29. The molecule has 1 aromatic carbocycles. The molecule has 0 spiro atoms. The Kier molecular flexibility index (Phi) is 4.20. The van der Waals surface area contributed by atoms with E-state index in [1.54, 1.807) is 11.0 Å². The van der Waals surface area contributed by atoms with E-state index in [0.29, 0.717) is 11.5 Å². The Labute approximate surface area is 129 Å². The first kappa shape index (κ1) is 14.7. The Morgan fingerprint density at radius 3 is 2.77 bits per heavy atom. The number of likely N-dealkylation sites (tertiary alicyclic amines) is 1. The lowest BCUT2D eigenvalue weighted by atomic mass is 9.92. The Balaban J connectivity index is 1.72. The Morgan fingerprint density at radius 2 is 2.14 bits per heavy atom. The van der Waals surface area contributed by atoms with Gasteiger partial charge < -0.3 is 10.6 Å². The van der Waals surface area contributed by atoms with Gasteiger partial charge in [-0.1, -0.05) is 0 Å². The summed E-state index contributed by atoms with van der Waals surface area (Å²) in [5.41, 5.74) is 7.58. The number of nitrogens with two attached hydrogens (primary N) is 1. The Bertz CT molecular complexity index is 620. The second kappa shape index (κ2) is 6.27. The first-order valence-corrected chi connectivity index (χ1v) is 7.65. The zero-order valence-electron chi connectivity index (χ0n) is 12.7. The van der Waals surface area contributed by atoms with Crippen molar-refractivity contribution in [2.75, 3.05) is 13.1 Å². The van der Waals surface area contributed by atoms with E-state index in [1.165, 1.54) is 6.33 Å². The van der Waals surface area contributed by atoms with Crippen LogP contribution in [0.25, 0.3) is 5.69 Å². The van der Waals surface area contributed by atoms with Crippen LogP contribution in [0.15, 0.2) is 36.9 Å². The van der Waals surface area contributed by atoms with Gasteiger partial charge in [-0.2, -0.15) is 5.10 Å². The fraction of sp³-hybridized carbons (Fsp3) is 0.438. The van der Waals surface area contributed by atoms with Gasteiger partial charge in [-0.15, -0.1) is 0 Å². The van der Waals surface area contributed by atoms with E-state index in [4.69, 9.17) is 5.73 Å². The molecule has 2 N–H and O–H groups in total. The molecule has 116 valence electrons. The number of nitrogens with zero attached hydrogens (tertiary/aromatic N) is 4. The van der Waals surface area contributed by atoms with Crippen LogP contribution < -0.4 is 5.73 Å². The molecule has 2 atom stereocenters. The minimum absolute atomic E-state index is 0.0792. The minimum atomic E-state index is 0.0792. The zero-order valence-corrected chi connectivity index (χ0v) is 12.7. The summed E-state index contributed by atoms with van der Waals surface area (Å²) < 4.78 is 1.67. The second-order valence-electron chi connectivity index (χ2n) is 5.90. The molecule has 1 amide bonds. The monoisotopic (exact) mass is 299 g/mol. The summed E-state index contributed by atoms with van der Waals surface area (Å²) in [6.45, 7) is 3.58. The van der Waals surface area contributed by atoms with Crippen molar-refractivity contribution in [1.82, 2.24) is 19.7 Å². The predicted molar refractivity (Wildman–Crippen MR) is 83.6 cm³/mol. The lowest BCUT2D eigenvalue weighted by Crippen LogP contribution is -2.45. The molecule has 2 heterocycles. The number of piperidine rings is 1. The van der Waals surface area contributed by atoms with E-state index < -0.39 is 0 Å². The van der Waals surface area contributed by atoms with Crippen LogP contribution in [-0.2, 0) is 0 Å². The number of aromatic nitrogens is 3. The highest BCUT2D eigenvalue weighted by Crippen LogP contribution is 2.21. The van der Waals surface area contributed by atoms with E-state index in [1.807, 2.05) is 36.1 Å². The molecule has 1 aliphatic heterocycles. The number of carbonyl (C=O) groups is 1. The number of amides is 1. The first-order chi connectivity index (χ1) is 10.6. The van der Waals surface area contributed by atoms with Gasteiger partial charge in [0.05, 0.1) is 5.69 Å². The van der Waals surface area contributed by atoms with Crippen molar-refractivity contribution in [3.05, 3.63) is 42.5 Å². The smallest absolute Gasteiger partial charge is 0.253 e. The van der Waals surface area contributed by atoms with Crippen molar-refractivity contribution in [2.45, 2.75) is 25.8 Å². The van der Waals surface area contributed by atoms with Gasteiger partial charge in [-0.3, -0.25) is 4.79 Å². The van der Waals surface area contributed by atoms with Crippen LogP contribution in [0.5, 0.6) is 0 Å². The molecular formula is C16H21N5O. The van der Waals surface area contributed by atoms with Crippen LogP contribution in [-0.4, -0.2) is 44.7 Å². The highest BCUT2D eigenvalue weighted by Gasteiger charge is 2.26. The summed E-state index contributed by atoms with van der Waals surface area (Å²) >= 11 is 0. The summed E-state index contributed by atoms with van der Waals surface area (Å²) in [5, 5.41) is 4.08. The van der Waals surface area contributed by atoms with Gasteiger partial charge in [0, 0.05) is 24.7 Å². The lowest BCUT2D eigenvalue weighted by Gasteiger charge is -2.34. The van der Waals surface area contributed by atoms with E-state index in [-0.39, 0.29) is 11.9 Å². The molecule has 3 rings (SSSR count). The minimum Gasteiger partial charge on any atom is -0.338 e. The van der Waals surface area contributed by atoms with Gasteiger partial charge in [0.25, 0.3) is 5.91 Å². The quantitative estimate of drug-likeness (QED) is 0.931. The molecule has 1 aliphatic rings. The molecule has 0 bridgehead atoms. The highest BCUT2D eigenvalue weighted by atomic mass is 16.2. The summed E-state index contributed by atoms with van der Waals surface area (Å²) in [4.78, 5) is 18.5. The molecule has 0 aliphatic carbocycles. The first-order valence-electron chi connectivity index (χ1n) is 7.65. The molecule has 1 aromatic heterocycles. The van der Waals surface area contributed by atoms with E-state index in [0.717, 1.165) is 31.6 Å². The van der Waals surface area contributed by atoms with Crippen molar-refractivity contribution < 1.29 is 4.79 Å². The second-order valence-corrected chi connectivity index (χ2v) is 5.90. The molecule has 2 unspecified atom stereocenters. The van der Waals surface area contributed by atoms with Crippen LogP contribution >= 0.6 is 0 Å². The van der Waals surface area contributed by atoms with Crippen molar-refractivity contribution in [2.24, 2.45) is 11.7 Å². The lowest BCUT2D eigenvalue weighted by molar-refractivity contribution is 0.0661. The molecule has 1 saturated heterocycles. The molecular weight excluding hydrogens is 278 g/mol. The third-order valence-corrected chi connectivity index (χ3v) is 4.29. The highest BCUT2D eigenvalue weighted by molar-refractivity contribution is 5.94. The number of carbonyl (C=O) groups excluding carboxylic acids is 1. The summed E-state index contributed by atoms with van der Waals surface area (Å²) in [6.07, 6.45) is 5.25. The molecule has 6 heteroatoms. The molecule has 0 saturated carbocycles. The number of rotatable bonds is 3. The van der Waals surface area contributed by atoms with Crippen molar-refractivity contribution >= 4 is 5.91 Å². The van der Waals surface area contributed by atoms with Crippen LogP contribution in [0.1, 0.15) is 30.1 Å². The molecule has 1 fully saturated rings. The van der Waals surface area contributed by atoms with Gasteiger partial charge in [0.15, 0.2) is 0 Å². The number of hydrogen-bond donors (Lipinski definition) is 1. The van der Waals surface area contributed by atoms with Gasteiger partial charge in [0.2, 0.25) is 0 Å². The van der Waals surface area contributed by atoms with Crippen LogP contribution in [0.4, 0.5) is 0 Å². The number of hydrogen-bond acceptors (Lipinski definition) is 4. The molecule has 0 radical (unpaired) electrons. The van der Waals surface area contributed by atoms with Crippen molar-refractivity contribution in [3.63, 3.8) is 0 Å². The standard InChI is InChI=1S/C16H21N5O/c1-12(17)14-3-2-8-20(9-14)16(22)13-4-6-15(7-5-13)21-11-18-10-19-21/h4-7,10-12,14H,2-3,8-9,17H2,1H3. The van der Waals surface area contributed by atoms with E-state index in [2.05, 4.69) is 10.1 Å². The Hall–Kier alpha value is -2.21. The van der Waals surface area contributed by atoms with E-state index in [9.17, 15) is 4.79 Å².